The number of hydrogen-bond donors (Lipinski definition) is 1. The highest BCUT2D eigenvalue weighted by Crippen LogP contribution is 2.28. The summed E-state index contributed by atoms with van der Waals surface area (Å²) >= 11 is 0. The summed E-state index contributed by atoms with van der Waals surface area (Å²) in [6.07, 6.45) is -3.11. The van der Waals surface area contributed by atoms with Gasteiger partial charge < -0.3 is 19.5 Å². The van der Waals surface area contributed by atoms with E-state index < -0.39 is 18.3 Å². The summed E-state index contributed by atoms with van der Waals surface area (Å²) in [5.41, 5.74) is 1.99. The van der Waals surface area contributed by atoms with Gasteiger partial charge in [-0.3, -0.25) is 4.79 Å². The van der Waals surface area contributed by atoms with Crippen molar-refractivity contribution in [3.05, 3.63) is 47.0 Å². The Morgan fingerprint density at radius 1 is 1.17 bits per heavy atom. The van der Waals surface area contributed by atoms with Crippen LogP contribution in [0.1, 0.15) is 0 Å². The van der Waals surface area contributed by atoms with E-state index in [-0.39, 0.29) is 16.7 Å². The third-order valence-corrected chi connectivity index (χ3v) is 4.90. The van der Waals surface area contributed by atoms with Crippen LogP contribution in [-0.4, -0.2) is 53.6 Å². The molecule has 7 nitrogen and oxygen atoms in total. The van der Waals surface area contributed by atoms with Crippen LogP contribution in [0.2, 0.25) is 0 Å². The molecular weight excluding hydrogens is 399 g/mol. The molecule has 30 heavy (non-hydrogen) atoms. The average Bonchev–Trinajstić information content (AvgIpc) is 2.74. The summed E-state index contributed by atoms with van der Waals surface area (Å²) in [6, 6.07) is 9.19. The van der Waals surface area contributed by atoms with Crippen molar-refractivity contribution in [3.8, 4) is 11.3 Å². The minimum absolute atomic E-state index is 0.0259. The molecule has 1 fully saturated rings. The second-order valence-corrected chi connectivity index (χ2v) is 7.03. The number of nitrogens with one attached hydrogen (secondary N) is 1. The van der Waals surface area contributed by atoms with Crippen LogP contribution in [0.5, 0.6) is 0 Å². The van der Waals surface area contributed by atoms with Gasteiger partial charge in [0.2, 0.25) is 0 Å². The maximum absolute atomic E-state index is 12.8. The molecular formula is C20H20F3N5O2. The maximum atomic E-state index is 12.8. The molecule has 0 unspecified atom stereocenters. The van der Waals surface area contributed by atoms with Crippen LogP contribution in [0.25, 0.3) is 22.2 Å². The Kier molecular flexibility index (Phi) is 5.33. The van der Waals surface area contributed by atoms with E-state index in [0.717, 1.165) is 18.8 Å². The molecule has 1 aliphatic rings. The summed E-state index contributed by atoms with van der Waals surface area (Å²) in [7, 11) is 1.49. The highest BCUT2D eigenvalue weighted by Gasteiger charge is 2.27. The quantitative estimate of drug-likeness (QED) is 0.701. The Bertz CT molecular complexity index is 1110. The molecule has 158 valence electrons. The molecule has 1 N–H and O–H groups in total. The number of ether oxygens (including phenoxy) is 1. The Labute approximate surface area is 170 Å². The van der Waals surface area contributed by atoms with Crippen LogP contribution < -0.4 is 15.8 Å². The largest absolute Gasteiger partial charge is 0.405 e. The van der Waals surface area contributed by atoms with Crippen LogP contribution in [0.4, 0.5) is 24.7 Å². The van der Waals surface area contributed by atoms with Gasteiger partial charge in [0, 0.05) is 31.4 Å². The van der Waals surface area contributed by atoms with Crippen molar-refractivity contribution >= 4 is 22.4 Å². The third kappa shape index (κ3) is 4.23. The number of aryl methyl sites for hydroxylation is 1. The number of hydrogen-bond acceptors (Lipinski definition) is 6. The first-order valence-electron chi connectivity index (χ1n) is 9.42. The van der Waals surface area contributed by atoms with Crippen molar-refractivity contribution in [2.24, 2.45) is 7.05 Å². The molecule has 1 saturated heterocycles. The van der Waals surface area contributed by atoms with Gasteiger partial charge in [-0.2, -0.15) is 13.2 Å². The fraction of sp³-hybridized carbons (Fsp3) is 0.350. The molecule has 1 aliphatic heterocycles. The Balaban J connectivity index is 1.73. The fourth-order valence-corrected chi connectivity index (χ4v) is 3.35. The standard InChI is InChI=1S/C20H20F3N5O2/c1-27-12-25-16-10-15(26-18(17(16)19(27)29)24-11-20(21,22)23)13-2-4-14(5-3-13)28-6-8-30-9-7-28/h2-5,10,12H,6-9,11H2,1H3,(H,24,26). The predicted molar refractivity (Wildman–Crippen MR) is 108 cm³/mol. The van der Waals surface area contributed by atoms with Crippen LogP contribution in [0.15, 0.2) is 41.5 Å². The zero-order chi connectivity index (χ0) is 21.3. The van der Waals surface area contributed by atoms with E-state index >= 15 is 0 Å². The number of fused-ring (bicyclic) bond motifs is 1. The van der Waals surface area contributed by atoms with Gasteiger partial charge in [0.1, 0.15) is 17.7 Å². The van der Waals surface area contributed by atoms with E-state index in [9.17, 15) is 18.0 Å². The molecule has 0 atom stereocenters. The van der Waals surface area contributed by atoms with Crippen LogP contribution in [0.3, 0.4) is 0 Å². The number of benzene rings is 1. The minimum Gasteiger partial charge on any atom is -0.378 e. The molecule has 3 heterocycles. The smallest absolute Gasteiger partial charge is 0.378 e. The minimum atomic E-state index is -4.45. The van der Waals surface area contributed by atoms with E-state index in [2.05, 4.69) is 20.2 Å². The number of pyridine rings is 1. The van der Waals surface area contributed by atoms with Crippen molar-refractivity contribution in [3.63, 3.8) is 0 Å². The fourth-order valence-electron chi connectivity index (χ4n) is 3.35. The van der Waals surface area contributed by atoms with Crippen LogP contribution in [-0.2, 0) is 11.8 Å². The first-order valence-corrected chi connectivity index (χ1v) is 9.42. The van der Waals surface area contributed by atoms with Gasteiger partial charge in [0.25, 0.3) is 5.56 Å². The summed E-state index contributed by atoms with van der Waals surface area (Å²) in [5, 5.41) is 2.28. The van der Waals surface area contributed by atoms with E-state index in [1.54, 1.807) is 6.07 Å². The van der Waals surface area contributed by atoms with Gasteiger partial charge >= 0.3 is 6.18 Å². The molecule has 0 amide bonds. The second kappa shape index (κ2) is 7.94. The highest BCUT2D eigenvalue weighted by molar-refractivity contribution is 5.91. The SMILES string of the molecule is Cn1cnc2cc(-c3ccc(N4CCOCC4)cc3)nc(NCC(F)(F)F)c2c1=O. The van der Waals surface area contributed by atoms with E-state index in [0.29, 0.717) is 24.5 Å². The van der Waals surface area contributed by atoms with Crippen molar-refractivity contribution in [1.29, 1.82) is 0 Å². The number of halogens is 3. The molecule has 10 heteroatoms. The first-order chi connectivity index (χ1) is 14.3. The monoisotopic (exact) mass is 419 g/mol. The maximum Gasteiger partial charge on any atom is 0.405 e. The second-order valence-electron chi connectivity index (χ2n) is 7.03. The molecule has 0 aliphatic carbocycles. The van der Waals surface area contributed by atoms with E-state index in [1.165, 1.54) is 17.9 Å². The number of alkyl halides is 3. The molecule has 3 aromatic rings. The van der Waals surface area contributed by atoms with Crippen molar-refractivity contribution in [1.82, 2.24) is 14.5 Å². The normalized spacial score (nSPS) is 14.9. The van der Waals surface area contributed by atoms with E-state index in [4.69, 9.17) is 4.74 Å². The summed E-state index contributed by atoms with van der Waals surface area (Å²) in [4.78, 5) is 23.2. The molecule has 2 aromatic heterocycles. The van der Waals surface area contributed by atoms with Crippen molar-refractivity contribution in [2.75, 3.05) is 43.1 Å². The lowest BCUT2D eigenvalue weighted by atomic mass is 10.1. The summed E-state index contributed by atoms with van der Waals surface area (Å²) in [6.45, 7) is 1.64. The number of anilines is 2. The number of rotatable bonds is 4. The number of nitrogens with zero attached hydrogens (tertiary/aromatic N) is 4. The predicted octanol–water partition coefficient (Wildman–Crippen LogP) is 2.81. The van der Waals surface area contributed by atoms with Gasteiger partial charge in [-0.25, -0.2) is 9.97 Å². The topological polar surface area (TPSA) is 72.3 Å². The van der Waals surface area contributed by atoms with Crippen molar-refractivity contribution in [2.45, 2.75) is 6.18 Å². The third-order valence-electron chi connectivity index (χ3n) is 4.90. The zero-order valence-electron chi connectivity index (χ0n) is 16.2. The van der Waals surface area contributed by atoms with Crippen LogP contribution in [0, 0.1) is 0 Å². The van der Waals surface area contributed by atoms with Gasteiger partial charge in [-0.1, -0.05) is 12.1 Å². The van der Waals surface area contributed by atoms with Gasteiger partial charge in [0.15, 0.2) is 0 Å². The molecule has 0 radical (unpaired) electrons. The Hall–Kier alpha value is -3.14. The first kappa shape index (κ1) is 20.1. The molecule has 1 aromatic carbocycles. The van der Waals surface area contributed by atoms with Gasteiger partial charge in [0.05, 0.1) is 30.8 Å². The zero-order valence-corrected chi connectivity index (χ0v) is 16.2. The number of morpholine rings is 1. The Morgan fingerprint density at radius 3 is 2.53 bits per heavy atom. The molecule has 0 spiro atoms. The lowest BCUT2D eigenvalue weighted by Gasteiger charge is -2.28. The summed E-state index contributed by atoms with van der Waals surface area (Å²) in [5.74, 6) is -0.134. The summed E-state index contributed by atoms with van der Waals surface area (Å²) < 4.78 is 44.9. The lowest BCUT2D eigenvalue weighted by Crippen LogP contribution is -2.36. The van der Waals surface area contributed by atoms with E-state index in [1.807, 2.05) is 24.3 Å². The van der Waals surface area contributed by atoms with Gasteiger partial charge in [-0.15, -0.1) is 0 Å². The number of aromatic nitrogens is 3. The van der Waals surface area contributed by atoms with Crippen LogP contribution >= 0.6 is 0 Å². The molecule has 0 saturated carbocycles. The lowest BCUT2D eigenvalue weighted by molar-refractivity contribution is -0.115. The van der Waals surface area contributed by atoms with Gasteiger partial charge in [-0.05, 0) is 18.2 Å². The highest BCUT2D eigenvalue weighted by atomic mass is 19.4. The average molecular weight is 419 g/mol. The van der Waals surface area contributed by atoms with Crippen molar-refractivity contribution < 1.29 is 17.9 Å². The Morgan fingerprint density at radius 2 is 1.87 bits per heavy atom. The molecule has 4 rings (SSSR count). The molecule has 0 bridgehead atoms.